The van der Waals surface area contributed by atoms with Crippen molar-refractivity contribution < 1.29 is 4.74 Å². The molecule has 78 valence electrons. The topological polar surface area (TPSA) is 27.1 Å². The van der Waals surface area contributed by atoms with Crippen LogP contribution in [0, 0.1) is 0 Å². The van der Waals surface area contributed by atoms with Gasteiger partial charge < -0.3 is 4.74 Å². The van der Waals surface area contributed by atoms with Crippen LogP contribution >= 0.6 is 23.2 Å². The van der Waals surface area contributed by atoms with Crippen molar-refractivity contribution in [2.75, 3.05) is 6.61 Å². The van der Waals surface area contributed by atoms with Crippen LogP contribution < -0.4 is 4.74 Å². The molecule has 0 saturated heterocycles. The van der Waals surface area contributed by atoms with Gasteiger partial charge in [0, 0.05) is 11.6 Å². The summed E-state index contributed by atoms with van der Waals surface area (Å²) in [7, 11) is 0. The summed E-state index contributed by atoms with van der Waals surface area (Å²) in [6.45, 7) is 4.36. The van der Waals surface area contributed by atoms with Gasteiger partial charge >= 0.3 is 0 Å². The second-order valence-corrected chi connectivity index (χ2v) is 3.80. The molecule has 0 saturated carbocycles. The minimum absolute atomic E-state index is 0.273. The lowest BCUT2D eigenvalue weighted by Crippen LogP contribution is -2.00. The van der Waals surface area contributed by atoms with Crippen molar-refractivity contribution in [1.82, 2.24) is 9.78 Å². The van der Waals surface area contributed by atoms with E-state index in [0.29, 0.717) is 16.8 Å². The normalized spacial score (nSPS) is 12.2. The molecular formula is C9H12Cl2N2O. The van der Waals surface area contributed by atoms with Gasteiger partial charge in [0.25, 0.3) is 0 Å². The highest BCUT2D eigenvalue weighted by atomic mass is 35.5. The van der Waals surface area contributed by atoms with E-state index in [-0.39, 0.29) is 6.61 Å². The minimum atomic E-state index is 0.273. The Balaban J connectivity index is 2.52. The van der Waals surface area contributed by atoms with Crippen LogP contribution in [0.2, 0.25) is 0 Å². The molecule has 0 unspecified atom stereocenters. The van der Waals surface area contributed by atoms with E-state index in [4.69, 9.17) is 27.9 Å². The molecule has 14 heavy (non-hydrogen) atoms. The molecule has 0 aliphatic rings. The van der Waals surface area contributed by atoms with Crippen molar-refractivity contribution in [3.05, 3.63) is 23.0 Å². The van der Waals surface area contributed by atoms with Gasteiger partial charge in [0.1, 0.15) is 6.61 Å². The van der Waals surface area contributed by atoms with Crippen molar-refractivity contribution in [2.45, 2.75) is 19.9 Å². The number of hydrogen-bond acceptors (Lipinski definition) is 2. The number of rotatable bonds is 4. The molecule has 0 amide bonds. The van der Waals surface area contributed by atoms with Crippen LogP contribution in [0.25, 0.3) is 0 Å². The Morgan fingerprint density at radius 2 is 2.43 bits per heavy atom. The summed E-state index contributed by atoms with van der Waals surface area (Å²) < 4.78 is 7.13. The average Bonchev–Trinajstić information content (AvgIpc) is 2.62. The molecule has 0 aliphatic heterocycles. The summed E-state index contributed by atoms with van der Waals surface area (Å²) in [6.07, 6.45) is 3.47. The second kappa shape index (κ2) is 5.27. The first-order valence-corrected chi connectivity index (χ1v) is 5.06. The first-order chi connectivity index (χ1) is 6.63. The number of ether oxygens (including phenoxy) is 1. The predicted octanol–water partition coefficient (Wildman–Crippen LogP) is 3.16. The zero-order valence-corrected chi connectivity index (χ0v) is 9.59. The fourth-order valence-electron chi connectivity index (χ4n) is 0.861. The molecule has 3 nitrogen and oxygen atoms in total. The number of halogens is 2. The molecule has 0 bridgehead atoms. The minimum Gasteiger partial charge on any atom is -0.485 e. The highest BCUT2D eigenvalue weighted by molar-refractivity contribution is 6.36. The molecule has 0 aliphatic carbocycles. The lowest BCUT2D eigenvalue weighted by Gasteiger charge is -2.03. The number of nitrogens with zero attached hydrogens (tertiary/aromatic N) is 2. The smallest absolute Gasteiger partial charge is 0.157 e. The Morgan fingerprint density at radius 3 is 2.93 bits per heavy atom. The van der Waals surface area contributed by atoms with E-state index in [9.17, 15) is 0 Å². The largest absolute Gasteiger partial charge is 0.485 e. The van der Waals surface area contributed by atoms with E-state index in [1.54, 1.807) is 6.20 Å². The zero-order valence-electron chi connectivity index (χ0n) is 8.08. The van der Waals surface area contributed by atoms with Crippen LogP contribution in [-0.2, 0) is 0 Å². The highest BCUT2D eigenvalue weighted by Crippen LogP contribution is 2.14. The van der Waals surface area contributed by atoms with E-state index in [1.165, 1.54) is 5.54 Å². The lowest BCUT2D eigenvalue weighted by molar-refractivity contribution is 0.358. The molecule has 0 radical (unpaired) electrons. The molecule has 0 aromatic carbocycles. The van der Waals surface area contributed by atoms with Crippen molar-refractivity contribution in [2.24, 2.45) is 0 Å². The van der Waals surface area contributed by atoms with Crippen LogP contribution in [0.4, 0.5) is 0 Å². The summed E-state index contributed by atoms with van der Waals surface area (Å²) in [4.78, 5) is 0. The molecule has 1 aromatic heterocycles. The Bertz CT molecular complexity index is 320. The van der Waals surface area contributed by atoms with Gasteiger partial charge in [-0.2, -0.15) is 5.10 Å². The van der Waals surface area contributed by atoms with Crippen LogP contribution in [0.5, 0.6) is 5.75 Å². The monoisotopic (exact) mass is 234 g/mol. The molecule has 1 rings (SSSR count). The molecule has 0 fully saturated rings. The molecule has 0 spiro atoms. The predicted molar refractivity (Wildman–Crippen MR) is 57.9 cm³/mol. The van der Waals surface area contributed by atoms with Gasteiger partial charge in [0.05, 0.1) is 17.4 Å². The number of hydrogen-bond donors (Lipinski definition) is 0. The molecular weight excluding hydrogens is 223 g/mol. The van der Waals surface area contributed by atoms with Gasteiger partial charge in [-0.15, -0.1) is 0 Å². The lowest BCUT2D eigenvalue weighted by atomic mass is 10.4. The van der Waals surface area contributed by atoms with Crippen LogP contribution in [0.1, 0.15) is 19.9 Å². The fraction of sp³-hybridized carbons (Fsp3) is 0.444. The van der Waals surface area contributed by atoms with Crippen molar-refractivity contribution in [3.63, 3.8) is 0 Å². The van der Waals surface area contributed by atoms with Crippen molar-refractivity contribution in [3.8, 4) is 5.75 Å². The maximum atomic E-state index is 5.66. The number of aromatic nitrogens is 2. The van der Waals surface area contributed by atoms with E-state index in [1.807, 2.05) is 24.7 Å². The Kier molecular flexibility index (Phi) is 4.29. The maximum absolute atomic E-state index is 5.66. The molecule has 0 N–H and O–H groups in total. The molecule has 5 heteroatoms. The SMILES string of the molecule is CC(C)n1cc(OC/C(Cl)=C/Cl)cn1. The fourth-order valence-corrected chi connectivity index (χ4v) is 0.979. The molecule has 0 atom stereocenters. The van der Waals surface area contributed by atoms with Gasteiger partial charge in [0.15, 0.2) is 5.75 Å². The second-order valence-electron chi connectivity index (χ2n) is 3.09. The van der Waals surface area contributed by atoms with Crippen LogP contribution in [0.3, 0.4) is 0 Å². The van der Waals surface area contributed by atoms with Gasteiger partial charge in [-0.25, -0.2) is 0 Å². The van der Waals surface area contributed by atoms with Gasteiger partial charge in [-0.1, -0.05) is 23.2 Å². The van der Waals surface area contributed by atoms with Crippen molar-refractivity contribution >= 4 is 23.2 Å². The van der Waals surface area contributed by atoms with Gasteiger partial charge in [-0.3, -0.25) is 4.68 Å². The van der Waals surface area contributed by atoms with Crippen molar-refractivity contribution in [1.29, 1.82) is 0 Å². The molecule has 1 aromatic rings. The van der Waals surface area contributed by atoms with E-state index in [0.717, 1.165) is 0 Å². The molecule has 1 heterocycles. The summed E-state index contributed by atoms with van der Waals surface area (Å²) >= 11 is 11.0. The first kappa shape index (κ1) is 11.4. The first-order valence-electron chi connectivity index (χ1n) is 4.25. The van der Waals surface area contributed by atoms with E-state index < -0.39 is 0 Å². The third-order valence-electron chi connectivity index (χ3n) is 1.60. The third kappa shape index (κ3) is 3.24. The van der Waals surface area contributed by atoms with E-state index in [2.05, 4.69) is 5.10 Å². The van der Waals surface area contributed by atoms with E-state index >= 15 is 0 Å². The summed E-state index contributed by atoms with van der Waals surface area (Å²) in [5, 5.41) is 4.58. The zero-order chi connectivity index (χ0) is 10.6. The Labute approximate surface area is 93.3 Å². The summed E-state index contributed by atoms with van der Waals surface area (Å²) in [5.41, 5.74) is 1.29. The summed E-state index contributed by atoms with van der Waals surface area (Å²) in [6, 6.07) is 0.325. The Hall–Kier alpha value is -0.670. The van der Waals surface area contributed by atoms with Crippen LogP contribution in [-0.4, -0.2) is 16.4 Å². The standard InChI is InChI=1S/C9H12Cl2N2O/c1-7(2)13-5-9(4-12-13)14-6-8(11)3-10/h3-5,7H,6H2,1-2H3/b8-3-. The van der Waals surface area contributed by atoms with Crippen LogP contribution in [0.15, 0.2) is 23.0 Å². The van der Waals surface area contributed by atoms with Gasteiger partial charge in [0.2, 0.25) is 0 Å². The average molecular weight is 235 g/mol. The maximum Gasteiger partial charge on any atom is 0.157 e. The highest BCUT2D eigenvalue weighted by Gasteiger charge is 2.02. The quantitative estimate of drug-likeness (QED) is 0.801. The summed E-state index contributed by atoms with van der Waals surface area (Å²) in [5.74, 6) is 0.690. The third-order valence-corrected chi connectivity index (χ3v) is 2.20. The Morgan fingerprint density at radius 1 is 1.71 bits per heavy atom. The van der Waals surface area contributed by atoms with Gasteiger partial charge in [-0.05, 0) is 13.8 Å².